The summed E-state index contributed by atoms with van der Waals surface area (Å²) in [7, 11) is 0. The third-order valence-corrected chi connectivity index (χ3v) is 14.5. The Kier molecular flexibility index (Phi) is 9.25. The zero-order chi connectivity index (χ0) is 46.1. The number of fused-ring (bicyclic) bond motifs is 8. The van der Waals surface area contributed by atoms with Gasteiger partial charge in [0, 0.05) is 32.9 Å². The van der Waals surface area contributed by atoms with Gasteiger partial charge in [0.15, 0.2) is 0 Å². The van der Waals surface area contributed by atoms with Crippen molar-refractivity contribution in [3.05, 3.63) is 267 Å². The Balaban J connectivity index is 0.874. The summed E-state index contributed by atoms with van der Waals surface area (Å²) < 4.78 is 4.84. The van der Waals surface area contributed by atoms with Crippen LogP contribution in [0, 0.1) is 0 Å². The number of hydrogen-bond donors (Lipinski definition) is 0. The van der Waals surface area contributed by atoms with Gasteiger partial charge in [-0.2, -0.15) is 0 Å². The molecule has 0 bridgehead atoms. The van der Waals surface area contributed by atoms with Crippen molar-refractivity contribution >= 4 is 65.2 Å². The molecule has 0 aliphatic rings. The van der Waals surface area contributed by atoms with Crippen LogP contribution in [0.1, 0.15) is 0 Å². The molecule has 0 fully saturated rings. The van der Waals surface area contributed by atoms with Crippen LogP contribution in [0.5, 0.6) is 0 Å². The zero-order valence-electron chi connectivity index (χ0n) is 38.3. The van der Waals surface area contributed by atoms with Gasteiger partial charge in [0.25, 0.3) is 0 Å². The molecule has 0 saturated heterocycles. The van der Waals surface area contributed by atoms with Gasteiger partial charge >= 0.3 is 0 Å². The van der Waals surface area contributed by atoms with Crippen LogP contribution < -0.4 is 0 Å². The Hall–Kier alpha value is -9.24. The Labute approximate surface area is 406 Å². The smallest absolute Gasteiger partial charge is 0.0541 e. The molecule has 2 nitrogen and oxygen atoms in total. The average Bonchev–Trinajstić information content (AvgIpc) is 3.95. The second kappa shape index (κ2) is 16.2. The van der Waals surface area contributed by atoms with E-state index in [1.807, 2.05) is 0 Å². The molecule has 14 rings (SSSR count). The summed E-state index contributed by atoms with van der Waals surface area (Å²) in [6, 6.07) is 98.1. The lowest BCUT2D eigenvalue weighted by atomic mass is 9.92. The molecule has 0 amide bonds. The van der Waals surface area contributed by atoms with Crippen LogP contribution in [0.25, 0.3) is 132 Å². The fourth-order valence-corrected chi connectivity index (χ4v) is 11.2. The first-order chi connectivity index (χ1) is 34.7. The minimum absolute atomic E-state index is 1.13. The van der Waals surface area contributed by atoms with E-state index in [1.54, 1.807) is 0 Å². The van der Waals surface area contributed by atoms with Crippen molar-refractivity contribution in [1.29, 1.82) is 0 Å². The quantitative estimate of drug-likeness (QED) is 0.151. The highest BCUT2D eigenvalue weighted by atomic mass is 15.0. The molecule has 0 aliphatic heterocycles. The SMILES string of the molecule is c1ccc(-n2c3ccccc3c3cc(-c4cccc(-c5cccc(-c6ccc7c(c6)c6ccccc6n7-c6cc(-c7cccc8ccccc78)cc(-c7cccc8ccccc78)c6)c5)c4)ccc32)cc1. The third kappa shape index (κ3) is 6.57. The summed E-state index contributed by atoms with van der Waals surface area (Å²) >= 11 is 0. The number of aromatic nitrogens is 2. The van der Waals surface area contributed by atoms with Crippen molar-refractivity contribution in [3.63, 3.8) is 0 Å². The summed E-state index contributed by atoms with van der Waals surface area (Å²) in [6.07, 6.45) is 0. The molecule has 12 aromatic carbocycles. The van der Waals surface area contributed by atoms with Gasteiger partial charge in [-0.15, -0.1) is 0 Å². The van der Waals surface area contributed by atoms with Crippen molar-refractivity contribution in [2.45, 2.75) is 0 Å². The number of hydrogen-bond acceptors (Lipinski definition) is 0. The van der Waals surface area contributed by atoms with Crippen LogP contribution in [-0.2, 0) is 0 Å². The van der Waals surface area contributed by atoms with Gasteiger partial charge in [-0.1, -0.05) is 188 Å². The maximum absolute atomic E-state index is 2.47. The summed E-state index contributed by atoms with van der Waals surface area (Å²) in [5, 5.41) is 9.94. The van der Waals surface area contributed by atoms with E-state index in [2.05, 4.69) is 276 Å². The molecule has 326 valence electrons. The highest BCUT2D eigenvalue weighted by Crippen LogP contribution is 2.42. The van der Waals surface area contributed by atoms with E-state index in [4.69, 9.17) is 0 Å². The lowest BCUT2D eigenvalue weighted by Crippen LogP contribution is -1.96. The number of rotatable bonds is 7. The molecule has 0 unspecified atom stereocenters. The molecular formula is C68H44N2. The Morgan fingerprint density at radius 2 is 0.543 bits per heavy atom. The summed E-state index contributed by atoms with van der Waals surface area (Å²) in [4.78, 5) is 0. The van der Waals surface area contributed by atoms with Crippen LogP contribution >= 0.6 is 0 Å². The highest BCUT2D eigenvalue weighted by molar-refractivity contribution is 6.12. The molecule has 2 heteroatoms. The lowest BCUT2D eigenvalue weighted by Gasteiger charge is -2.16. The van der Waals surface area contributed by atoms with E-state index in [0.717, 1.165) is 5.69 Å². The van der Waals surface area contributed by atoms with E-state index in [1.165, 1.54) is 126 Å². The monoisotopic (exact) mass is 888 g/mol. The second-order valence-electron chi connectivity index (χ2n) is 18.5. The minimum Gasteiger partial charge on any atom is -0.309 e. The molecule has 0 saturated carbocycles. The predicted octanol–water partition coefficient (Wildman–Crippen LogP) is 18.5. The van der Waals surface area contributed by atoms with Crippen LogP contribution in [0.15, 0.2) is 267 Å². The van der Waals surface area contributed by atoms with Crippen molar-refractivity contribution < 1.29 is 0 Å². The van der Waals surface area contributed by atoms with Gasteiger partial charge in [0.05, 0.1) is 22.1 Å². The van der Waals surface area contributed by atoms with Crippen LogP contribution in [-0.4, -0.2) is 9.13 Å². The normalized spacial score (nSPS) is 11.7. The molecule has 0 atom stereocenters. The van der Waals surface area contributed by atoms with Gasteiger partial charge in [-0.3, -0.25) is 0 Å². The lowest BCUT2D eigenvalue weighted by molar-refractivity contribution is 1.18. The molecular weight excluding hydrogens is 845 g/mol. The zero-order valence-corrected chi connectivity index (χ0v) is 38.3. The molecule has 2 heterocycles. The Morgan fingerprint density at radius 3 is 1.04 bits per heavy atom. The fraction of sp³-hybridized carbons (Fsp3) is 0. The third-order valence-electron chi connectivity index (χ3n) is 14.5. The standard InChI is InChI=1S/C68H44N2/c1-2-24-55(25-3-1)69-65-32-10-8-28-61(65)63-43-51(34-36-67(63)69)49-22-12-20-47(38-49)48-21-13-23-50(39-48)52-35-37-68-64(44-52)62-29-9-11-33-66(62)70(68)56-41-53(59-30-14-18-45-16-4-6-26-57(45)59)40-54(42-56)60-31-15-19-46-17-5-7-27-58(46)60/h1-44H. The largest absolute Gasteiger partial charge is 0.309 e. The van der Waals surface area contributed by atoms with Gasteiger partial charge < -0.3 is 9.13 Å². The molecule has 14 aromatic rings. The summed E-state index contributed by atoms with van der Waals surface area (Å²) in [5.74, 6) is 0. The first-order valence-corrected chi connectivity index (χ1v) is 24.2. The summed E-state index contributed by atoms with van der Waals surface area (Å²) in [5.41, 5.74) is 19.1. The average molecular weight is 889 g/mol. The maximum atomic E-state index is 2.47. The fourth-order valence-electron chi connectivity index (χ4n) is 11.2. The Morgan fingerprint density at radius 1 is 0.186 bits per heavy atom. The van der Waals surface area contributed by atoms with Crippen molar-refractivity contribution in [2.75, 3.05) is 0 Å². The van der Waals surface area contributed by atoms with Gasteiger partial charge in [-0.25, -0.2) is 0 Å². The van der Waals surface area contributed by atoms with E-state index in [-0.39, 0.29) is 0 Å². The Bertz CT molecular complexity index is 4250. The number of benzene rings is 12. The van der Waals surface area contributed by atoms with E-state index < -0.39 is 0 Å². The predicted molar refractivity (Wildman–Crippen MR) is 297 cm³/mol. The molecule has 0 radical (unpaired) electrons. The van der Waals surface area contributed by atoms with Crippen molar-refractivity contribution in [2.24, 2.45) is 0 Å². The molecule has 0 N–H and O–H groups in total. The molecule has 0 spiro atoms. The van der Waals surface area contributed by atoms with E-state index in [9.17, 15) is 0 Å². The topological polar surface area (TPSA) is 9.86 Å². The maximum Gasteiger partial charge on any atom is 0.0541 e. The molecule has 70 heavy (non-hydrogen) atoms. The highest BCUT2D eigenvalue weighted by Gasteiger charge is 2.18. The van der Waals surface area contributed by atoms with Gasteiger partial charge in [-0.05, 0) is 156 Å². The van der Waals surface area contributed by atoms with Crippen LogP contribution in [0.3, 0.4) is 0 Å². The minimum atomic E-state index is 1.13. The molecule has 2 aromatic heterocycles. The van der Waals surface area contributed by atoms with Crippen molar-refractivity contribution in [3.8, 4) is 67.0 Å². The molecule has 0 aliphatic carbocycles. The number of para-hydroxylation sites is 3. The number of nitrogens with zero attached hydrogens (tertiary/aromatic N) is 2. The van der Waals surface area contributed by atoms with Crippen LogP contribution in [0.2, 0.25) is 0 Å². The van der Waals surface area contributed by atoms with Crippen LogP contribution in [0.4, 0.5) is 0 Å². The van der Waals surface area contributed by atoms with Crippen molar-refractivity contribution in [1.82, 2.24) is 9.13 Å². The van der Waals surface area contributed by atoms with E-state index >= 15 is 0 Å². The van der Waals surface area contributed by atoms with Gasteiger partial charge in [0.2, 0.25) is 0 Å². The second-order valence-corrected chi connectivity index (χ2v) is 18.5. The van der Waals surface area contributed by atoms with E-state index in [0.29, 0.717) is 0 Å². The van der Waals surface area contributed by atoms with Gasteiger partial charge in [0.1, 0.15) is 0 Å². The summed E-state index contributed by atoms with van der Waals surface area (Å²) in [6.45, 7) is 0. The first-order valence-electron chi connectivity index (χ1n) is 24.2. The first kappa shape index (κ1) is 39.9.